The average Bonchev–Trinajstić information content (AvgIpc) is 3.52. The molecule has 264 valence electrons. The van der Waals surface area contributed by atoms with E-state index in [1.165, 1.54) is 82.5 Å². The number of carbonyl (C=O) groups excluding carboxylic acids is 2. The third kappa shape index (κ3) is 11.2. The lowest BCUT2D eigenvalue weighted by atomic mass is 9.98. The summed E-state index contributed by atoms with van der Waals surface area (Å²) in [6.07, 6.45) is 10.9. The van der Waals surface area contributed by atoms with E-state index in [-0.39, 0.29) is 25.4 Å². The van der Waals surface area contributed by atoms with Crippen LogP contribution in [0.5, 0.6) is 0 Å². The molecule has 0 aromatic carbocycles. The van der Waals surface area contributed by atoms with E-state index < -0.39 is 66.0 Å². The number of aromatic amines is 1. The van der Waals surface area contributed by atoms with Crippen molar-refractivity contribution in [2.75, 3.05) is 13.1 Å². The van der Waals surface area contributed by atoms with E-state index in [4.69, 9.17) is 15.2 Å². The molecule has 1 aromatic rings. The van der Waals surface area contributed by atoms with E-state index in [0.29, 0.717) is 6.54 Å². The third-order valence-corrected chi connectivity index (χ3v) is 8.84. The smallest absolute Gasteiger partial charge is 0.330 e. The van der Waals surface area contributed by atoms with Crippen molar-refractivity contribution in [3.05, 3.63) is 33.1 Å². The summed E-state index contributed by atoms with van der Waals surface area (Å²) >= 11 is 0. The summed E-state index contributed by atoms with van der Waals surface area (Å²) < 4.78 is 13.0. The van der Waals surface area contributed by atoms with Crippen molar-refractivity contribution in [2.24, 2.45) is 5.73 Å². The Bertz CT molecular complexity index is 1170. The van der Waals surface area contributed by atoms with Crippen molar-refractivity contribution in [3.63, 3.8) is 0 Å². The van der Waals surface area contributed by atoms with Crippen molar-refractivity contribution >= 4 is 24.2 Å². The van der Waals surface area contributed by atoms with E-state index in [0.717, 1.165) is 36.1 Å². The Morgan fingerprint density at radius 2 is 1.46 bits per heavy atom. The Morgan fingerprint density at radius 3 is 1.98 bits per heavy atom. The first-order valence-electron chi connectivity index (χ1n) is 17.0. The average molecular weight is 674 g/mol. The maximum absolute atomic E-state index is 13.5. The molecule has 6 N–H and O–H groups in total. The normalized spacial score (nSPS) is 25.8. The number of rotatable bonds is 20. The number of aliphatic hydroxyl groups is 2. The standard InChI is InChI=1S/C32H55N5O8.ClH/c1-3-4-5-6-7-8-9-10-11-12-13-14-15-16-20-34-30(42)25-28(44-24(17-19-33)37(25)22(2)38)29-26(40)27(41)31(45-29)36-21-18-23(39)35-32(36)43;/h18,21,24-29,31,40-41H,3-17,19-20,33H2,1-2H3,(H,34,42)(H,35,39,43);1H/t24-,25+,26+,27-,28+,29+,31-;/m1./s1. The third-order valence-electron chi connectivity index (χ3n) is 8.84. The first kappa shape index (κ1) is 39.9. The highest BCUT2D eigenvalue weighted by Crippen LogP contribution is 2.37. The van der Waals surface area contributed by atoms with E-state index >= 15 is 0 Å². The number of hydrogen-bond donors (Lipinski definition) is 5. The van der Waals surface area contributed by atoms with E-state index in [1.54, 1.807) is 0 Å². The summed E-state index contributed by atoms with van der Waals surface area (Å²) in [7, 11) is 0. The van der Waals surface area contributed by atoms with Crippen LogP contribution in [0.3, 0.4) is 0 Å². The minimum Gasteiger partial charge on any atom is -0.387 e. The summed E-state index contributed by atoms with van der Waals surface area (Å²) in [4.78, 5) is 53.5. The van der Waals surface area contributed by atoms with Gasteiger partial charge in [-0.05, 0) is 13.0 Å². The minimum absolute atomic E-state index is 0. The Kier molecular flexibility index (Phi) is 18.1. The van der Waals surface area contributed by atoms with Crippen LogP contribution in [-0.4, -0.2) is 86.3 Å². The Balaban J connectivity index is 0.00000736. The van der Waals surface area contributed by atoms with Gasteiger partial charge in [-0.3, -0.25) is 23.9 Å². The van der Waals surface area contributed by atoms with E-state index in [2.05, 4.69) is 17.2 Å². The van der Waals surface area contributed by atoms with Crippen molar-refractivity contribution in [1.82, 2.24) is 19.8 Å². The molecular formula is C32H56ClN5O8. The summed E-state index contributed by atoms with van der Waals surface area (Å²) in [5.41, 5.74) is 4.30. The zero-order valence-corrected chi connectivity index (χ0v) is 28.3. The molecule has 14 heteroatoms. The quantitative estimate of drug-likeness (QED) is 0.130. The van der Waals surface area contributed by atoms with Crippen LogP contribution >= 0.6 is 12.4 Å². The fraction of sp³-hybridized carbons (Fsp3) is 0.812. The Hall–Kier alpha value is -2.29. The molecule has 1 aromatic heterocycles. The molecule has 46 heavy (non-hydrogen) atoms. The van der Waals surface area contributed by atoms with Crippen LogP contribution in [0.4, 0.5) is 0 Å². The van der Waals surface area contributed by atoms with Gasteiger partial charge in [0.05, 0.1) is 0 Å². The number of nitrogens with zero attached hydrogens (tertiary/aromatic N) is 2. The molecular weight excluding hydrogens is 618 g/mol. The second kappa shape index (κ2) is 20.8. The van der Waals surface area contributed by atoms with Gasteiger partial charge in [0.2, 0.25) is 11.8 Å². The van der Waals surface area contributed by atoms with Crippen molar-refractivity contribution in [1.29, 1.82) is 0 Å². The SMILES string of the molecule is CCCCCCCCCCCCCCCCNC(=O)[C@@H]1[C@@H]([C@H]2O[C@@H](n3ccc(=O)[nH]c3=O)[C@H](O)[C@@H]2O)O[C@H](CCN)N1C(C)=O.Cl. The number of aliphatic hydroxyl groups excluding tert-OH is 2. The number of amides is 2. The fourth-order valence-electron chi connectivity index (χ4n) is 6.39. The number of carbonyl (C=O) groups is 2. The molecule has 2 amide bonds. The number of unbranched alkanes of at least 4 members (excludes halogenated alkanes) is 13. The predicted octanol–water partition coefficient (Wildman–Crippen LogP) is 2.47. The molecule has 2 aliphatic rings. The highest BCUT2D eigenvalue weighted by atomic mass is 35.5. The lowest BCUT2D eigenvalue weighted by Gasteiger charge is -2.29. The second-order valence-electron chi connectivity index (χ2n) is 12.4. The highest BCUT2D eigenvalue weighted by molar-refractivity contribution is 5.88. The number of ether oxygens (including phenoxy) is 2. The molecule has 0 unspecified atom stereocenters. The summed E-state index contributed by atoms with van der Waals surface area (Å²) in [5.74, 6) is -0.867. The number of halogens is 1. The molecule has 3 rings (SSSR count). The van der Waals surface area contributed by atoms with Crippen LogP contribution in [0, 0.1) is 0 Å². The van der Waals surface area contributed by atoms with Crippen LogP contribution in [0.2, 0.25) is 0 Å². The largest absolute Gasteiger partial charge is 0.387 e. The van der Waals surface area contributed by atoms with Crippen LogP contribution in [0.25, 0.3) is 0 Å². The summed E-state index contributed by atoms with van der Waals surface area (Å²) in [6.45, 7) is 4.17. The monoisotopic (exact) mass is 673 g/mol. The molecule has 7 atom stereocenters. The molecule has 2 aliphatic heterocycles. The maximum atomic E-state index is 13.5. The lowest BCUT2D eigenvalue weighted by Crippen LogP contribution is -2.55. The second-order valence-corrected chi connectivity index (χ2v) is 12.4. The molecule has 0 bridgehead atoms. The minimum atomic E-state index is -1.57. The molecule has 0 saturated carbocycles. The lowest BCUT2D eigenvalue weighted by molar-refractivity contribution is -0.140. The number of hydrogen-bond acceptors (Lipinski definition) is 9. The van der Waals surface area contributed by atoms with Crippen LogP contribution in [0.1, 0.15) is 116 Å². The number of nitrogens with two attached hydrogens (primary N) is 1. The fourth-order valence-corrected chi connectivity index (χ4v) is 6.39. The zero-order valence-electron chi connectivity index (χ0n) is 27.4. The van der Waals surface area contributed by atoms with Gasteiger partial charge < -0.3 is 35.6 Å². The molecule has 2 fully saturated rings. The first-order chi connectivity index (χ1) is 21.7. The molecule has 13 nitrogen and oxygen atoms in total. The first-order valence-corrected chi connectivity index (χ1v) is 17.0. The van der Waals surface area contributed by atoms with Crippen molar-refractivity contribution in [3.8, 4) is 0 Å². The van der Waals surface area contributed by atoms with Gasteiger partial charge in [-0.1, -0.05) is 90.4 Å². The van der Waals surface area contributed by atoms with Gasteiger partial charge in [0.1, 0.15) is 36.7 Å². The van der Waals surface area contributed by atoms with E-state index in [9.17, 15) is 29.4 Å². The predicted molar refractivity (Wildman–Crippen MR) is 176 cm³/mol. The number of nitrogens with one attached hydrogen (secondary N) is 2. The van der Waals surface area contributed by atoms with Crippen LogP contribution in [-0.2, 0) is 19.1 Å². The molecule has 3 heterocycles. The number of aromatic nitrogens is 2. The van der Waals surface area contributed by atoms with Gasteiger partial charge in [0, 0.05) is 32.2 Å². The van der Waals surface area contributed by atoms with Gasteiger partial charge in [-0.2, -0.15) is 0 Å². The molecule has 2 saturated heterocycles. The van der Waals surface area contributed by atoms with Gasteiger partial charge in [0.25, 0.3) is 5.56 Å². The van der Waals surface area contributed by atoms with Crippen molar-refractivity contribution < 1.29 is 29.3 Å². The van der Waals surface area contributed by atoms with Gasteiger partial charge >= 0.3 is 5.69 Å². The van der Waals surface area contributed by atoms with Crippen LogP contribution < -0.4 is 22.3 Å². The molecule has 0 aliphatic carbocycles. The van der Waals surface area contributed by atoms with Crippen LogP contribution in [0.15, 0.2) is 21.9 Å². The maximum Gasteiger partial charge on any atom is 0.330 e. The summed E-state index contributed by atoms with van der Waals surface area (Å²) in [5, 5.41) is 24.6. The van der Waals surface area contributed by atoms with Gasteiger partial charge in [0.15, 0.2) is 6.23 Å². The Labute approximate surface area is 278 Å². The molecule has 0 spiro atoms. The van der Waals surface area contributed by atoms with Crippen molar-refractivity contribution in [2.45, 2.75) is 153 Å². The number of H-pyrrole nitrogens is 1. The molecule has 0 radical (unpaired) electrons. The zero-order chi connectivity index (χ0) is 32.8. The highest BCUT2D eigenvalue weighted by Gasteiger charge is 2.57. The van der Waals surface area contributed by atoms with Gasteiger partial charge in [-0.25, -0.2) is 4.79 Å². The topological polar surface area (TPSA) is 189 Å². The van der Waals surface area contributed by atoms with Gasteiger partial charge in [-0.15, -0.1) is 12.4 Å². The summed E-state index contributed by atoms with van der Waals surface area (Å²) in [6, 6.07) is -0.0606. The van der Waals surface area contributed by atoms with E-state index in [1.807, 2.05) is 0 Å². The Morgan fingerprint density at radius 1 is 0.891 bits per heavy atom.